The fourth-order valence-corrected chi connectivity index (χ4v) is 5.83. The molecule has 4 aromatic heterocycles. The molecule has 0 saturated heterocycles. The van der Waals surface area contributed by atoms with Gasteiger partial charge in [-0.1, -0.05) is 6.42 Å². The molecule has 4 heterocycles. The van der Waals surface area contributed by atoms with Crippen LogP contribution in [-0.4, -0.2) is 50.7 Å². The zero-order chi connectivity index (χ0) is 31.3. The highest BCUT2D eigenvalue weighted by Crippen LogP contribution is 2.36. The number of imidazole rings is 1. The number of anilines is 1. The highest BCUT2D eigenvalue weighted by Gasteiger charge is 2.26. The Morgan fingerprint density at radius 1 is 1.02 bits per heavy atom. The Morgan fingerprint density at radius 2 is 1.87 bits per heavy atom. The van der Waals surface area contributed by atoms with Crippen molar-refractivity contribution in [3.8, 4) is 33.9 Å². The molecule has 45 heavy (non-hydrogen) atoms. The van der Waals surface area contributed by atoms with E-state index in [4.69, 9.17) is 0 Å². The van der Waals surface area contributed by atoms with Crippen molar-refractivity contribution in [1.82, 2.24) is 34.9 Å². The van der Waals surface area contributed by atoms with Crippen molar-refractivity contribution in [2.24, 2.45) is 5.92 Å². The molecule has 7 rings (SSSR count). The molecular formula is C31H26F2N8O3S. The standard InChI is InChI=1S/C31H26F2N8O3S/c1-45(43,44)36-13-16-9-18(11-20(32)10-16)27-28-24(7-8-35-27)38-30(39-28)29-25-23(40-41-29)6-5-22(26(25)33)19-12-21(15-34-14-19)37-31(42)17-3-2-4-17/h5-12,14-15,17,36H,2-4,13H2,1H3,(H,37,42)(H,38,39)(H,40,41). The number of aromatic amines is 2. The van der Waals surface area contributed by atoms with Crippen LogP contribution in [0, 0.1) is 17.6 Å². The van der Waals surface area contributed by atoms with Gasteiger partial charge in [-0.3, -0.25) is 19.9 Å². The predicted octanol–water partition coefficient (Wildman–Crippen LogP) is 5.30. The fourth-order valence-electron chi connectivity index (χ4n) is 5.40. The zero-order valence-electron chi connectivity index (χ0n) is 23.9. The first-order chi connectivity index (χ1) is 21.6. The van der Waals surface area contributed by atoms with Crippen molar-refractivity contribution in [2.75, 3.05) is 11.6 Å². The van der Waals surface area contributed by atoms with E-state index in [1.54, 1.807) is 30.3 Å². The smallest absolute Gasteiger partial charge is 0.227 e. The molecule has 1 saturated carbocycles. The largest absolute Gasteiger partial charge is 0.336 e. The molecule has 1 aliphatic rings. The molecule has 0 unspecified atom stereocenters. The molecular weight excluding hydrogens is 602 g/mol. The molecule has 4 N–H and O–H groups in total. The molecule has 0 atom stereocenters. The normalized spacial score (nSPS) is 13.8. The van der Waals surface area contributed by atoms with Gasteiger partial charge in [0, 0.05) is 41.5 Å². The number of hydrogen-bond acceptors (Lipinski definition) is 7. The average molecular weight is 629 g/mol. The first-order valence-electron chi connectivity index (χ1n) is 14.2. The van der Waals surface area contributed by atoms with Gasteiger partial charge in [0.25, 0.3) is 0 Å². The topological polar surface area (TPSA) is 158 Å². The van der Waals surface area contributed by atoms with Gasteiger partial charge in [0.1, 0.15) is 22.8 Å². The van der Waals surface area contributed by atoms with E-state index in [-0.39, 0.29) is 40.8 Å². The van der Waals surface area contributed by atoms with Gasteiger partial charge in [-0.25, -0.2) is 26.9 Å². The summed E-state index contributed by atoms with van der Waals surface area (Å²) in [5.41, 5.74) is 4.01. The Balaban J connectivity index is 1.26. The predicted molar refractivity (Wildman–Crippen MR) is 165 cm³/mol. The number of sulfonamides is 1. The number of carbonyl (C=O) groups excluding carboxylic acids is 1. The highest BCUT2D eigenvalue weighted by atomic mass is 32.2. The summed E-state index contributed by atoms with van der Waals surface area (Å²) in [4.78, 5) is 28.9. The molecule has 0 aliphatic heterocycles. The number of pyridine rings is 2. The van der Waals surface area contributed by atoms with Crippen LogP contribution in [0.4, 0.5) is 14.5 Å². The maximum atomic E-state index is 16.2. The molecule has 0 spiro atoms. The van der Waals surface area contributed by atoms with Gasteiger partial charge in [0.05, 0.1) is 40.3 Å². The Hall–Kier alpha value is -5.08. The van der Waals surface area contributed by atoms with Crippen LogP contribution < -0.4 is 10.0 Å². The lowest BCUT2D eigenvalue weighted by atomic mass is 9.85. The lowest BCUT2D eigenvalue weighted by Crippen LogP contribution is -2.28. The van der Waals surface area contributed by atoms with Crippen molar-refractivity contribution in [3.63, 3.8) is 0 Å². The quantitative estimate of drug-likeness (QED) is 0.178. The molecule has 1 fully saturated rings. The number of fused-ring (bicyclic) bond motifs is 2. The number of hydrogen-bond donors (Lipinski definition) is 4. The van der Waals surface area contributed by atoms with Gasteiger partial charge < -0.3 is 10.3 Å². The summed E-state index contributed by atoms with van der Waals surface area (Å²) in [5.74, 6) is -0.924. The first kappa shape index (κ1) is 28.7. The number of benzene rings is 2. The Kier molecular flexibility index (Phi) is 7.09. The summed E-state index contributed by atoms with van der Waals surface area (Å²) in [7, 11) is -3.49. The molecule has 1 amide bonds. The van der Waals surface area contributed by atoms with E-state index in [0.29, 0.717) is 44.6 Å². The van der Waals surface area contributed by atoms with Gasteiger partial charge in [-0.2, -0.15) is 5.10 Å². The monoisotopic (exact) mass is 628 g/mol. The molecule has 2 aromatic carbocycles. The van der Waals surface area contributed by atoms with Crippen LogP contribution in [0.25, 0.3) is 55.8 Å². The summed E-state index contributed by atoms with van der Waals surface area (Å²) in [5, 5.41) is 10.3. The second-order valence-corrected chi connectivity index (χ2v) is 12.9. The lowest BCUT2D eigenvalue weighted by Gasteiger charge is -2.24. The van der Waals surface area contributed by atoms with E-state index < -0.39 is 21.7 Å². The van der Waals surface area contributed by atoms with E-state index in [9.17, 15) is 17.6 Å². The fraction of sp³-hybridized carbons (Fsp3) is 0.194. The van der Waals surface area contributed by atoms with E-state index >= 15 is 4.39 Å². The van der Waals surface area contributed by atoms with Crippen molar-refractivity contribution in [2.45, 2.75) is 25.8 Å². The number of nitrogens with one attached hydrogen (secondary N) is 4. The van der Waals surface area contributed by atoms with Crippen molar-refractivity contribution in [3.05, 3.63) is 78.3 Å². The summed E-state index contributed by atoms with van der Waals surface area (Å²) in [6.45, 7) is -0.0996. The van der Waals surface area contributed by atoms with Crippen LogP contribution in [-0.2, 0) is 21.4 Å². The van der Waals surface area contributed by atoms with Crippen molar-refractivity contribution >= 4 is 43.6 Å². The maximum absolute atomic E-state index is 16.2. The van der Waals surface area contributed by atoms with E-state index in [1.165, 1.54) is 30.7 Å². The number of rotatable bonds is 8. The average Bonchev–Trinajstić information content (AvgIpc) is 3.60. The van der Waals surface area contributed by atoms with Crippen LogP contribution >= 0.6 is 0 Å². The Labute approximate surface area is 255 Å². The lowest BCUT2D eigenvalue weighted by molar-refractivity contribution is -0.122. The molecule has 6 aromatic rings. The molecule has 1 aliphatic carbocycles. The van der Waals surface area contributed by atoms with Crippen LogP contribution in [0.1, 0.15) is 24.8 Å². The van der Waals surface area contributed by atoms with Crippen molar-refractivity contribution in [1.29, 1.82) is 0 Å². The number of H-pyrrole nitrogens is 2. The zero-order valence-corrected chi connectivity index (χ0v) is 24.7. The minimum Gasteiger partial charge on any atom is -0.336 e. The van der Waals surface area contributed by atoms with Gasteiger partial charge in [0.2, 0.25) is 15.9 Å². The molecule has 14 heteroatoms. The first-order valence-corrected chi connectivity index (χ1v) is 16.0. The third-order valence-corrected chi connectivity index (χ3v) is 8.52. The van der Waals surface area contributed by atoms with E-state index in [0.717, 1.165) is 25.5 Å². The molecule has 11 nitrogen and oxygen atoms in total. The number of nitrogens with zero attached hydrogens (tertiary/aromatic N) is 4. The number of amides is 1. The minimum atomic E-state index is -3.49. The Bertz CT molecular complexity index is 2230. The van der Waals surface area contributed by atoms with E-state index in [1.807, 2.05) is 0 Å². The van der Waals surface area contributed by atoms with Crippen LogP contribution in [0.5, 0.6) is 0 Å². The maximum Gasteiger partial charge on any atom is 0.227 e. The van der Waals surface area contributed by atoms with Gasteiger partial charge >= 0.3 is 0 Å². The van der Waals surface area contributed by atoms with E-state index in [2.05, 4.69) is 40.2 Å². The van der Waals surface area contributed by atoms with Crippen LogP contribution in [0.2, 0.25) is 0 Å². The van der Waals surface area contributed by atoms with Gasteiger partial charge in [0.15, 0.2) is 5.82 Å². The SMILES string of the molecule is CS(=O)(=O)NCc1cc(F)cc(-c2nccc3[nH]c(-c4n[nH]c5ccc(-c6cncc(NC(=O)C7CCC7)c6)c(F)c45)nc23)c1. The summed E-state index contributed by atoms with van der Waals surface area (Å²) >= 11 is 0. The molecule has 228 valence electrons. The van der Waals surface area contributed by atoms with Gasteiger partial charge in [-0.05, 0) is 60.9 Å². The van der Waals surface area contributed by atoms with Gasteiger partial charge in [-0.15, -0.1) is 0 Å². The third-order valence-electron chi connectivity index (χ3n) is 7.85. The summed E-state index contributed by atoms with van der Waals surface area (Å²) in [6.07, 6.45) is 8.37. The summed E-state index contributed by atoms with van der Waals surface area (Å²) < 4.78 is 56.3. The Morgan fingerprint density at radius 3 is 2.64 bits per heavy atom. The number of halogens is 2. The second kappa shape index (κ2) is 11.1. The van der Waals surface area contributed by atoms with Crippen LogP contribution in [0.3, 0.4) is 0 Å². The molecule has 0 radical (unpaired) electrons. The second-order valence-electron chi connectivity index (χ2n) is 11.1. The summed E-state index contributed by atoms with van der Waals surface area (Å²) in [6, 6.07) is 10.9. The van der Waals surface area contributed by atoms with Crippen LogP contribution in [0.15, 0.2) is 61.1 Å². The highest BCUT2D eigenvalue weighted by molar-refractivity contribution is 7.88. The van der Waals surface area contributed by atoms with Crippen molar-refractivity contribution < 1.29 is 22.0 Å². The minimum absolute atomic E-state index is 0.00499. The number of carbonyl (C=O) groups is 1. The molecule has 0 bridgehead atoms. The third kappa shape index (κ3) is 5.65. The number of aromatic nitrogens is 6.